The molecule has 0 unspecified atom stereocenters. The Hall–Kier alpha value is -1.78. The summed E-state index contributed by atoms with van der Waals surface area (Å²) in [5.41, 5.74) is 1.48. The zero-order valence-corrected chi connectivity index (χ0v) is 13.2. The summed E-state index contributed by atoms with van der Waals surface area (Å²) in [4.78, 5) is 6.32. The molecular formula is C16H14Cl2FN3. The molecule has 0 saturated carbocycles. The van der Waals surface area contributed by atoms with Crippen molar-refractivity contribution in [2.75, 3.05) is 18.0 Å². The summed E-state index contributed by atoms with van der Waals surface area (Å²) in [6.07, 6.45) is 0. The van der Waals surface area contributed by atoms with Gasteiger partial charge in [-0.3, -0.25) is 4.99 Å². The SMILES string of the molecule is Fc1cccc(CN(C2=NCCN2)c2c(Cl)cccc2Cl)c1. The van der Waals surface area contributed by atoms with Crippen LogP contribution in [0.2, 0.25) is 10.0 Å². The van der Waals surface area contributed by atoms with Crippen molar-refractivity contribution in [2.45, 2.75) is 6.54 Å². The Labute approximate surface area is 138 Å². The van der Waals surface area contributed by atoms with Gasteiger partial charge in [0.05, 0.1) is 28.8 Å². The lowest BCUT2D eigenvalue weighted by molar-refractivity contribution is 0.625. The van der Waals surface area contributed by atoms with Gasteiger partial charge in [0.15, 0.2) is 5.96 Å². The molecule has 0 aromatic heterocycles. The number of guanidine groups is 1. The minimum atomic E-state index is -0.274. The molecule has 2 aromatic rings. The zero-order valence-electron chi connectivity index (χ0n) is 11.7. The molecule has 1 aliphatic rings. The van der Waals surface area contributed by atoms with E-state index in [1.54, 1.807) is 24.3 Å². The molecule has 3 nitrogen and oxygen atoms in total. The average Bonchev–Trinajstić information content (AvgIpc) is 3.00. The van der Waals surface area contributed by atoms with E-state index in [0.29, 0.717) is 34.8 Å². The fraction of sp³-hybridized carbons (Fsp3) is 0.188. The first-order valence-corrected chi connectivity index (χ1v) is 7.65. The molecule has 0 atom stereocenters. The van der Waals surface area contributed by atoms with Crippen LogP contribution in [0.15, 0.2) is 47.5 Å². The number of halogens is 3. The Morgan fingerprint density at radius 3 is 2.50 bits per heavy atom. The lowest BCUT2D eigenvalue weighted by Gasteiger charge is -2.26. The third kappa shape index (κ3) is 3.18. The van der Waals surface area contributed by atoms with Crippen molar-refractivity contribution in [3.8, 4) is 0 Å². The molecule has 0 spiro atoms. The smallest absolute Gasteiger partial charge is 0.199 e. The maximum absolute atomic E-state index is 13.4. The molecule has 0 amide bonds. The molecule has 0 saturated heterocycles. The predicted octanol–water partition coefficient (Wildman–Crippen LogP) is 4.10. The molecule has 3 rings (SSSR count). The van der Waals surface area contributed by atoms with Gasteiger partial charge in [-0.15, -0.1) is 0 Å². The van der Waals surface area contributed by atoms with E-state index in [9.17, 15) is 4.39 Å². The van der Waals surface area contributed by atoms with Crippen LogP contribution in [0.1, 0.15) is 5.56 Å². The summed E-state index contributed by atoms with van der Waals surface area (Å²) in [7, 11) is 0. The Balaban J connectivity index is 2.01. The van der Waals surface area contributed by atoms with E-state index < -0.39 is 0 Å². The van der Waals surface area contributed by atoms with E-state index in [0.717, 1.165) is 12.1 Å². The van der Waals surface area contributed by atoms with Gasteiger partial charge in [0.25, 0.3) is 0 Å². The van der Waals surface area contributed by atoms with Gasteiger partial charge >= 0.3 is 0 Å². The first-order valence-electron chi connectivity index (χ1n) is 6.89. The van der Waals surface area contributed by atoms with Gasteiger partial charge in [0, 0.05) is 6.54 Å². The Morgan fingerprint density at radius 2 is 1.86 bits per heavy atom. The van der Waals surface area contributed by atoms with Crippen LogP contribution >= 0.6 is 23.2 Å². The predicted molar refractivity (Wildman–Crippen MR) is 89.3 cm³/mol. The van der Waals surface area contributed by atoms with E-state index in [-0.39, 0.29) is 5.82 Å². The van der Waals surface area contributed by atoms with E-state index in [2.05, 4.69) is 10.3 Å². The van der Waals surface area contributed by atoms with Crippen molar-refractivity contribution in [1.82, 2.24) is 5.32 Å². The summed E-state index contributed by atoms with van der Waals surface area (Å²) >= 11 is 12.6. The minimum absolute atomic E-state index is 0.274. The van der Waals surface area contributed by atoms with Crippen LogP contribution in [0.3, 0.4) is 0 Å². The Bertz CT molecular complexity index is 698. The van der Waals surface area contributed by atoms with Gasteiger partial charge in [0.2, 0.25) is 0 Å². The van der Waals surface area contributed by atoms with Crippen LogP contribution < -0.4 is 10.2 Å². The highest BCUT2D eigenvalue weighted by molar-refractivity contribution is 6.40. The van der Waals surface area contributed by atoms with Gasteiger partial charge in [-0.2, -0.15) is 0 Å². The van der Waals surface area contributed by atoms with Crippen molar-refractivity contribution in [1.29, 1.82) is 0 Å². The highest BCUT2D eigenvalue weighted by Gasteiger charge is 2.21. The number of hydrogen-bond acceptors (Lipinski definition) is 3. The van der Waals surface area contributed by atoms with Gasteiger partial charge in [-0.1, -0.05) is 41.4 Å². The molecule has 2 aromatic carbocycles. The highest BCUT2D eigenvalue weighted by Crippen LogP contribution is 2.34. The Kier molecular flexibility index (Phi) is 4.50. The largest absolute Gasteiger partial charge is 0.354 e. The fourth-order valence-corrected chi connectivity index (χ4v) is 2.99. The van der Waals surface area contributed by atoms with Crippen molar-refractivity contribution >= 4 is 34.8 Å². The number of para-hydroxylation sites is 1. The maximum atomic E-state index is 13.4. The molecule has 22 heavy (non-hydrogen) atoms. The highest BCUT2D eigenvalue weighted by atomic mass is 35.5. The molecule has 1 heterocycles. The summed E-state index contributed by atoms with van der Waals surface area (Å²) in [6, 6.07) is 11.8. The number of aliphatic imine (C=N–C) groups is 1. The lowest BCUT2D eigenvalue weighted by atomic mass is 10.2. The van der Waals surface area contributed by atoms with Crippen LogP contribution in [0.25, 0.3) is 0 Å². The molecule has 114 valence electrons. The molecule has 0 bridgehead atoms. The first kappa shape index (κ1) is 15.1. The summed E-state index contributed by atoms with van der Waals surface area (Å²) in [5.74, 6) is 0.420. The number of nitrogens with one attached hydrogen (secondary N) is 1. The van der Waals surface area contributed by atoms with E-state index in [1.807, 2.05) is 11.0 Å². The van der Waals surface area contributed by atoms with Crippen molar-refractivity contribution in [3.05, 3.63) is 63.9 Å². The standard InChI is InChI=1S/C16H14Cl2FN3/c17-13-5-2-6-14(18)15(13)22(16-20-7-8-21-16)10-11-3-1-4-12(19)9-11/h1-6,9H,7-8,10H2,(H,20,21). The van der Waals surface area contributed by atoms with E-state index in [1.165, 1.54) is 12.1 Å². The second-order valence-corrected chi connectivity index (χ2v) is 5.73. The number of nitrogens with zero attached hydrogens (tertiary/aromatic N) is 2. The minimum Gasteiger partial charge on any atom is -0.354 e. The number of benzene rings is 2. The zero-order chi connectivity index (χ0) is 15.5. The van der Waals surface area contributed by atoms with Gasteiger partial charge in [0.1, 0.15) is 5.82 Å². The van der Waals surface area contributed by atoms with Crippen LogP contribution in [0.5, 0.6) is 0 Å². The molecule has 1 aliphatic heterocycles. The van der Waals surface area contributed by atoms with Crippen molar-refractivity contribution in [3.63, 3.8) is 0 Å². The summed E-state index contributed by atoms with van der Waals surface area (Å²) in [5, 5.41) is 4.27. The second-order valence-electron chi connectivity index (χ2n) is 4.92. The number of rotatable bonds is 3. The van der Waals surface area contributed by atoms with Gasteiger partial charge < -0.3 is 10.2 Å². The first-order chi connectivity index (χ1) is 10.6. The average molecular weight is 338 g/mol. The van der Waals surface area contributed by atoms with Crippen LogP contribution in [0, 0.1) is 5.82 Å². The third-order valence-electron chi connectivity index (χ3n) is 3.35. The van der Waals surface area contributed by atoms with Crippen LogP contribution in [-0.2, 0) is 6.54 Å². The molecule has 6 heteroatoms. The van der Waals surface area contributed by atoms with Crippen LogP contribution in [0.4, 0.5) is 10.1 Å². The topological polar surface area (TPSA) is 27.6 Å². The van der Waals surface area contributed by atoms with E-state index in [4.69, 9.17) is 23.2 Å². The molecule has 0 fully saturated rings. The molecule has 0 aliphatic carbocycles. The van der Waals surface area contributed by atoms with E-state index >= 15 is 0 Å². The quantitative estimate of drug-likeness (QED) is 0.913. The molecular weight excluding hydrogens is 324 g/mol. The maximum Gasteiger partial charge on any atom is 0.199 e. The number of hydrogen-bond donors (Lipinski definition) is 1. The fourth-order valence-electron chi connectivity index (χ4n) is 2.39. The number of anilines is 1. The lowest BCUT2D eigenvalue weighted by Crippen LogP contribution is -2.38. The van der Waals surface area contributed by atoms with Crippen molar-refractivity contribution in [2.24, 2.45) is 4.99 Å². The van der Waals surface area contributed by atoms with Crippen LogP contribution in [-0.4, -0.2) is 19.0 Å². The molecule has 1 N–H and O–H groups in total. The summed E-state index contributed by atoms with van der Waals surface area (Å²) < 4.78 is 13.4. The third-order valence-corrected chi connectivity index (χ3v) is 3.96. The van der Waals surface area contributed by atoms with Gasteiger partial charge in [-0.05, 0) is 29.8 Å². The van der Waals surface area contributed by atoms with Crippen molar-refractivity contribution < 1.29 is 4.39 Å². The summed E-state index contributed by atoms with van der Waals surface area (Å²) in [6.45, 7) is 1.88. The molecule has 0 radical (unpaired) electrons. The monoisotopic (exact) mass is 337 g/mol. The second kappa shape index (κ2) is 6.55. The van der Waals surface area contributed by atoms with Gasteiger partial charge in [-0.25, -0.2) is 4.39 Å². The normalized spacial score (nSPS) is 13.7. The Morgan fingerprint density at radius 1 is 1.14 bits per heavy atom.